The lowest BCUT2D eigenvalue weighted by Crippen LogP contribution is -2.42. The van der Waals surface area contributed by atoms with Gasteiger partial charge in [-0.2, -0.15) is 22.0 Å². The molecule has 1 aromatic rings. The molecule has 22 heavy (non-hydrogen) atoms. The zero-order valence-electron chi connectivity index (χ0n) is 11.7. The van der Waals surface area contributed by atoms with Crippen molar-refractivity contribution in [1.29, 1.82) is 0 Å². The van der Waals surface area contributed by atoms with E-state index in [-0.39, 0.29) is 6.61 Å². The van der Waals surface area contributed by atoms with Crippen LogP contribution >= 0.6 is 0 Å². The van der Waals surface area contributed by atoms with Gasteiger partial charge in [-0.05, 0) is 19.1 Å². The Hall–Kier alpha value is -1.90. The molecule has 0 unspecified atom stereocenters. The van der Waals surface area contributed by atoms with E-state index in [1.807, 2.05) is 0 Å². The molecule has 0 heterocycles. The molecule has 4 nitrogen and oxygen atoms in total. The molecule has 0 aliphatic rings. The van der Waals surface area contributed by atoms with E-state index in [0.717, 1.165) is 13.2 Å². The maximum absolute atomic E-state index is 13.9. The van der Waals surface area contributed by atoms with E-state index in [1.165, 1.54) is 6.92 Å². The van der Waals surface area contributed by atoms with Gasteiger partial charge in [0.15, 0.2) is 0 Å². The van der Waals surface area contributed by atoms with Crippen LogP contribution in [0.2, 0.25) is 0 Å². The van der Waals surface area contributed by atoms with E-state index in [9.17, 15) is 26.7 Å². The number of hydrogen-bond donors (Lipinski definition) is 1. The summed E-state index contributed by atoms with van der Waals surface area (Å²) in [6, 6.07) is -0.335. The second kappa shape index (κ2) is 6.47. The van der Waals surface area contributed by atoms with Gasteiger partial charge < -0.3 is 15.2 Å². The van der Waals surface area contributed by atoms with E-state index in [1.54, 1.807) is 0 Å². The Morgan fingerprint density at radius 2 is 1.86 bits per heavy atom. The predicted molar refractivity (Wildman–Crippen MR) is 66.5 cm³/mol. The minimum absolute atomic E-state index is 0.286. The molecule has 0 saturated heterocycles. The molecule has 0 aliphatic carbocycles. The van der Waals surface area contributed by atoms with Gasteiger partial charge in [-0.3, -0.25) is 0 Å². The molecule has 0 saturated carbocycles. The summed E-state index contributed by atoms with van der Waals surface area (Å²) in [6.45, 7) is 1.05. The Morgan fingerprint density at radius 1 is 1.27 bits per heavy atom. The van der Waals surface area contributed by atoms with Crippen molar-refractivity contribution in [3.05, 3.63) is 29.3 Å². The van der Waals surface area contributed by atoms with Crippen molar-refractivity contribution in [3.8, 4) is 5.75 Å². The fourth-order valence-corrected chi connectivity index (χ4v) is 1.69. The fourth-order valence-electron chi connectivity index (χ4n) is 1.69. The number of alkyl halides is 5. The van der Waals surface area contributed by atoms with E-state index in [0.29, 0.717) is 12.1 Å². The maximum Gasteiger partial charge on any atom is 0.416 e. The summed E-state index contributed by atoms with van der Waals surface area (Å²) in [5.41, 5.74) is 3.81. The van der Waals surface area contributed by atoms with E-state index >= 15 is 0 Å². The number of rotatable bonds is 5. The van der Waals surface area contributed by atoms with E-state index in [4.69, 9.17) is 5.73 Å². The van der Waals surface area contributed by atoms with Gasteiger partial charge in [-0.1, -0.05) is 6.07 Å². The molecule has 0 spiro atoms. The average molecular weight is 327 g/mol. The molecule has 9 heteroatoms. The summed E-state index contributed by atoms with van der Waals surface area (Å²) in [5, 5.41) is 0. The van der Waals surface area contributed by atoms with Crippen LogP contribution in [0.5, 0.6) is 5.75 Å². The molecular formula is C13H14F5NO3. The van der Waals surface area contributed by atoms with Crippen LogP contribution in [0.15, 0.2) is 18.2 Å². The third kappa shape index (κ3) is 3.65. The second-order valence-corrected chi connectivity index (χ2v) is 4.28. The third-order valence-corrected chi connectivity index (χ3v) is 2.83. The van der Waals surface area contributed by atoms with Crippen molar-refractivity contribution in [2.45, 2.75) is 25.1 Å². The van der Waals surface area contributed by atoms with Crippen LogP contribution in [0.25, 0.3) is 0 Å². The number of halogens is 5. The Morgan fingerprint density at radius 3 is 2.32 bits per heavy atom. The van der Waals surface area contributed by atoms with Crippen LogP contribution in [0.1, 0.15) is 24.1 Å². The summed E-state index contributed by atoms with van der Waals surface area (Å²) in [5.74, 6) is -6.46. The predicted octanol–water partition coefficient (Wildman–Crippen LogP) is 2.91. The summed E-state index contributed by atoms with van der Waals surface area (Å²) in [7, 11) is 1.01. The van der Waals surface area contributed by atoms with Crippen molar-refractivity contribution in [3.63, 3.8) is 0 Å². The van der Waals surface area contributed by atoms with Crippen LogP contribution in [-0.4, -0.2) is 25.6 Å². The van der Waals surface area contributed by atoms with Crippen LogP contribution in [-0.2, 0) is 15.7 Å². The van der Waals surface area contributed by atoms with Gasteiger partial charge in [0.05, 0.1) is 19.3 Å². The van der Waals surface area contributed by atoms with Gasteiger partial charge in [0, 0.05) is 5.56 Å². The standard InChI is InChI=1S/C13H14F5NO3/c1-3-22-11(20)12(14,15)10(19)8-5-4-7(13(16,17)18)6-9(8)21-2/h4-6,10H,3,19H2,1-2H3/t10-/m0/s1. The normalized spacial score (nSPS) is 13.6. The van der Waals surface area contributed by atoms with Crippen LogP contribution in [0.3, 0.4) is 0 Å². The molecule has 0 fully saturated rings. The first-order valence-electron chi connectivity index (χ1n) is 6.11. The summed E-state index contributed by atoms with van der Waals surface area (Å²) in [6.07, 6.45) is -4.67. The molecule has 0 aromatic heterocycles. The summed E-state index contributed by atoms with van der Waals surface area (Å²) < 4.78 is 74.4. The molecular weight excluding hydrogens is 313 g/mol. The highest BCUT2D eigenvalue weighted by atomic mass is 19.4. The molecule has 1 aromatic carbocycles. The first-order chi connectivity index (χ1) is 10.1. The number of esters is 1. The van der Waals surface area contributed by atoms with Crippen LogP contribution in [0.4, 0.5) is 22.0 Å². The van der Waals surface area contributed by atoms with Gasteiger partial charge in [0.1, 0.15) is 11.8 Å². The Bertz CT molecular complexity index is 545. The topological polar surface area (TPSA) is 61.5 Å². The largest absolute Gasteiger partial charge is 0.496 e. The highest BCUT2D eigenvalue weighted by Crippen LogP contribution is 2.39. The molecule has 124 valence electrons. The highest BCUT2D eigenvalue weighted by molar-refractivity contribution is 5.79. The number of carbonyl (C=O) groups excluding carboxylic acids is 1. The Kier molecular flexibility index (Phi) is 5.34. The molecule has 1 atom stereocenters. The van der Waals surface area contributed by atoms with Crippen molar-refractivity contribution in [2.24, 2.45) is 5.73 Å². The lowest BCUT2D eigenvalue weighted by molar-refractivity contribution is -0.174. The molecule has 0 bridgehead atoms. The average Bonchev–Trinajstić information content (AvgIpc) is 2.44. The Labute approximate surface area is 123 Å². The van der Waals surface area contributed by atoms with Crippen LogP contribution < -0.4 is 10.5 Å². The number of carbonyl (C=O) groups is 1. The highest BCUT2D eigenvalue weighted by Gasteiger charge is 2.49. The van der Waals surface area contributed by atoms with Crippen molar-refractivity contribution >= 4 is 5.97 Å². The van der Waals surface area contributed by atoms with Crippen LogP contribution in [0, 0.1) is 0 Å². The summed E-state index contributed by atoms with van der Waals surface area (Å²) >= 11 is 0. The summed E-state index contributed by atoms with van der Waals surface area (Å²) in [4.78, 5) is 11.2. The van der Waals surface area contributed by atoms with E-state index in [2.05, 4.69) is 9.47 Å². The molecule has 0 amide bonds. The first-order valence-corrected chi connectivity index (χ1v) is 6.11. The smallest absolute Gasteiger partial charge is 0.416 e. The molecule has 1 rings (SSSR count). The molecule has 0 aliphatic heterocycles. The molecule has 0 radical (unpaired) electrons. The zero-order valence-corrected chi connectivity index (χ0v) is 11.7. The van der Waals surface area contributed by atoms with Crippen molar-refractivity contribution in [2.75, 3.05) is 13.7 Å². The lowest BCUT2D eigenvalue weighted by Gasteiger charge is -2.24. The van der Waals surface area contributed by atoms with Crippen molar-refractivity contribution in [1.82, 2.24) is 0 Å². The maximum atomic E-state index is 13.9. The van der Waals surface area contributed by atoms with Crippen molar-refractivity contribution < 1.29 is 36.2 Å². The number of hydrogen-bond acceptors (Lipinski definition) is 4. The minimum Gasteiger partial charge on any atom is -0.496 e. The minimum atomic E-state index is -4.67. The molecule has 2 N–H and O–H groups in total. The zero-order chi connectivity index (χ0) is 17.1. The van der Waals surface area contributed by atoms with E-state index < -0.39 is 41.0 Å². The van der Waals surface area contributed by atoms with Gasteiger partial charge >= 0.3 is 18.1 Å². The second-order valence-electron chi connectivity index (χ2n) is 4.28. The quantitative estimate of drug-likeness (QED) is 0.667. The SMILES string of the molecule is CCOC(=O)C(F)(F)[C@@H](N)c1ccc(C(F)(F)F)cc1OC. The van der Waals surface area contributed by atoms with Gasteiger partial charge in [-0.25, -0.2) is 4.79 Å². The fraction of sp³-hybridized carbons (Fsp3) is 0.462. The third-order valence-electron chi connectivity index (χ3n) is 2.83. The number of nitrogens with two attached hydrogens (primary N) is 1. The first kappa shape index (κ1) is 18.1. The Balaban J connectivity index is 3.23. The lowest BCUT2D eigenvalue weighted by atomic mass is 9.98. The van der Waals surface area contributed by atoms with Gasteiger partial charge in [-0.15, -0.1) is 0 Å². The number of benzene rings is 1. The van der Waals surface area contributed by atoms with Gasteiger partial charge in [0.25, 0.3) is 0 Å². The number of ether oxygens (including phenoxy) is 2. The number of methoxy groups -OCH3 is 1. The monoisotopic (exact) mass is 327 g/mol. The van der Waals surface area contributed by atoms with Gasteiger partial charge in [0.2, 0.25) is 0 Å².